The maximum absolute atomic E-state index is 11.8. The molecule has 0 aliphatic carbocycles. The van der Waals surface area contributed by atoms with Crippen LogP contribution in [0.15, 0.2) is 42.5 Å². The molecule has 0 saturated carbocycles. The van der Waals surface area contributed by atoms with E-state index in [1.54, 1.807) is 6.07 Å². The van der Waals surface area contributed by atoms with Gasteiger partial charge in [-0.15, -0.1) is 0 Å². The Morgan fingerprint density at radius 2 is 1.85 bits per heavy atom. The molecule has 26 heavy (non-hydrogen) atoms. The van der Waals surface area contributed by atoms with Crippen LogP contribution in [-0.4, -0.2) is 30.0 Å². The zero-order valence-electron chi connectivity index (χ0n) is 13.1. The summed E-state index contributed by atoms with van der Waals surface area (Å²) in [4.78, 5) is 33.6. The number of esters is 1. The van der Waals surface area contributed by atoms with E-state index >= 15 is 0 Å². The first kappa shape index (κ1) is 19.5. The molecule has 0 saturated heterocycles. The quantitative estimate of drug-likeness (QED) is 0.434. The van der Waals surface area contributed by atoms with Crippen LogP contribution < -0.4 is 10.1 Å². The van der Waals surface area contributed by atoms with Crippen LogP contribution in [0.3, 0.4) is 0 Å². The number of anilines is 1. The number of rotatable bonds is 7. The third-order valence-electron chi connectivity index (χ3n) is 2.97. The first-order valence-corrected chi connectivity index (χ1v) is 7.89. The molecule has 0 atom stereocenters. The fraction of sp³-hybridized carbons (Fsp3) is 0.125. The third kappa shape index (κ3) is 5.61. The Kier molecular flexibility index (Phi) is 6.76. The van der Waals surface area contributed by atoms with E-state index < -0.39 is 30.0 Å². The molecule has 0 bridgehead atoms. The number of hydrogen-bond acceptors (Lipinski definition) is 6. The second kappa shape index (κ2) is 9.02. The predicted octanol–water partition coefficient (Wildman–Crippen LogP) is 3.46. The van der Waals surface area contributed by atoms with Gasteiger partial charge in [0.2, 0.25) is 0 Å². The second-order valence-electron chi connectivity index (χ2n) is 4.85. The number of nitrogens with one attached hydrogen (secondary N) is 1. The lowest BCUT2D eigenvalue weighted by molar-refractivity contribution is -0.385. The van der Waals surface area contributed by atoms with Crippen molar-refractivity contribution in [1.29, 1.82) is 0 Å². The fourth-order valence-electron chi connectivity index (χ4n) is 1.83. The molecule has 1 N–H and O–H groups in total. The van der Waals surface area contributed by atoms with Crippen molar-refractivity contribution in [2.45, 2.75) is 0 Å². The highest BCUT2D eigenvalue weighted by Gasteiger charge is 2.16. The van der Waals surface area contributed by atoms with Crippen LogP contribution in [0.1, 0.15) is 0 Å². The summed E-state index contributed by atoms with van der Waals surface area (Å²) in [7, 11) is 0. The lowest BCUT2D eigenvalue weighted by Crippen LogP contribution is -2.23. The van der Waals surface area contributed by atoms with Crippen LogP contribution >= 0.6 is 23.2 Å². The van der Waals surface area contributed by atoms with E-state index in [1.807, 2.05) is 0 Å². The fourth-order valence-corrected chi connectivity index (χ4v) is 2.17. The van der Waals surface area contributed by atoms with Crippen molar-refractivity contribution in [3.8, 4) is 5.75 Å². The number of ether oxygens (including phenoxy) is 2. The van der Waals surface area contributed by atoms with Gasteiger partial charge in [0, 0.05) is 11.1 Å². The maximum atomic E-state index is 11.8. The Morgan fingerprint density at radius 3 is 2.58 bits per heavy atom. The van der Waals surface area contributed by atoms with Gasteiger partial charge in [0.15, 0.2) is 19.0 Å². The highest BCUT2D eigenvalue weighted by molar-refractivity contribution is 6.35. The topological polar surface area (TPSA) is 108 Å². The van der Waals surface area contributed by atoms with E-state index in [2.05, 4.69) is 5.32 Å². The van der Waals surface area contributed by atoms with Gasteiger partial charge >= 0.3 is 11.7 Å². The largest absolute Gasteiger partial charge is 0.475 e. The molecule has 10 heteroatoms. The minimum Gasteiger partial charge on any atom is -0.475 e. The van der Waals surface area contributed by atoms with Crippen LogP contribution in [0.25, 0.3) is 0 Å². The minimum atomic E-state index is -0.865. The molecule has 0 aromatic heterocycles. The molecule has 0 fully saturated rings. The van der Waals surface area contributed by atoms with E-state index in [0.717, 1.165) is 0 Å². The summed E-state index contributed by atoms with van der Waals surface area (Å²) in [6, 6.07) is 10.1. The standard InChI is InChI=1S/C16H12Cl2N2O6/c17-10-5-6-11(18)12(7-10)19-15(21)8-26-16(22)9-25-14-4-2-1-3-13(14)20(23)24/h1-7H,8-9H2,(H,19,21). The summed E-state index contributed by atoms with van der Waals surface area (Å²) >= 11 is 11.7. The predicted molar refractivity (Wildman–Crippen MR) is 94.6 cm³/mol. The van der Waals surface area contributed by atoms with Crippen LogP contribution in [0.5, 0.6) is 5.75 Å². The van der Waals surface area contributed by atoms with Crippen LogP contribution in [0.4, 0.5) is 11.4 Å². The summed E-state index contributed by atoms with van der Waals surface area (Å²) in [6.45, 7) is -1.17. The van der Waals surface area contributed by atoms with Gasteiger partial charge in [-0.3, -0.25) is 14.9 Å². The Morgan fingerprint density at radius 1 is 1.12 bits per heavy atom. The van der Waals surface area contributed by atoms with Crippen molar-refractivity contribution in [1.82, 2.24) is 0 Å². The Hall–Kier alpha value is -2.84. The molecule has 8 nitrogen and oxygen atoms in total. The number of benzene rings is 2. The Balaban J connectivity index is 1.82. The zero-order valence-corrected chi connectivity index (χ0v) is 14.6. The van der Waals surface area contributed by atoms with Crippen LogP contribution in [0, 0.1) is 10.1 Å². The first-order valence-electron chi connectivity index (χ1n) is 7.13. The van der Waals surface area contributed by atoms with Gasteiger partial charge in [-0.1, -0.05) is 35.3 Å². The SMILES string of the molecule is O=C(COC(=O)COc1ccccc1[N+](=O)[O-])Nc1cc(Cl)ccc1Cl. The monoisotopic (exact) mass is 398 g/mol. The molecule has 2 aromatic carbocycles. The first-order chi connectivity index (χ1) is 12.4. The molecule has 136 valence electrons. The van der Waals surface area contributed by atoms with Gasteiger partial charge in [-0.25, -0.2) is 4.79 Å². The zero-order chi connectivity index (χ0) is 19.1. The molecule has 0 radical (unpaired) electrons. The molecule has 2 aromatic rings. The number of hydrogen-bond donors (Lipinski definition) is 1. The molecule has 2 rings (SSSR count). The van der Waals surface area contributed by atoms with Gasteiger partial charge < -0.3 is 14.8 Å². The summed E-state index contributed by atoms with van der Waals surface area (Å²) < 4.78 is 9.81. The van der Waals surface area contributed by atoms with E-state index in [9.17, 15) is 19.7 Å². The van der Waals surface area contributed by atoms with Crippen molar-refractivity contribution in [3.05, 3.63) is 62.6 Å². The molecular weight excluding hydrogens is 387 g/mol. The maximum Gasteiger partial charge on any atom is 0.344 e. The number of carbonyl (C=O) groups excluding carboxylic acids is 2. The highest BCUT2D eigenvalue weighted by atomic mass is 35.5. The number of nitrogens with zero attached hydrogens (tertiary/aromatic N) is 1. The number of para-hydroxylation sites is 2. The van der Waals surface area contributed by atoms with Gasteiger partial charge in [-0.2, -0.15) is 0 Å². The van der Waals surface area contributed by atoms with Gasteiger partial charge in [0.25, 0.3) is 5.91 Å². The normalized spacial score (nSPS) is 10.1. The van der Waals surface area contributed by atoms with Crippen LogP contribution in [-0.2, 0) is 14.3 Å². The van der Waals surface area contributed by atoms with Crippen molar-refractivity contribution >= 4 is 46.5 Å². The Bertz CT molecular complexity index is 843. The van der Waals surface area contributed by atoms with E-state index in [4.69, 9.17) is 32.7 Å². The number of nitro groups is 1. The van der Waals surface area contributed by atoms with E-state index in [0.29, 0.717) is 5.02 Å². The Labute approximate surface area is 157 Å². The lowest BCUT2D eigenvalue weighted by atomic mass is 10.3. The molecule has 0 aliphatic rings. The molecule has 0 aliphatic heterocycles. The summed E-state index contributed by atoms with van der Waals surface area (Å²) in [5, 5.41) is 13.9. The molecular formula is C16H12Cl2N2O6. The summed E-state index contributed by atoms with van der Waals surface area (Å²) in [5.74, 6) is -1.58. The summed E-state index contributed by atoms with van der Waals surface area (Å²) in [6.07, 6.45) is 0. The van der Waals surface area contributed by atoms with Crippen molar-refractivity contribution in [3.63, 3.8) is 0 Å². The molecule has 1 amide bonds. The molecule has 0 spiro atoms. The van der Waals surface area contributed by atoms with Crippen molar-refractivity contribution in [2.24, 2.45) is 0 Å². The third-order valence-corrected chi connectivity index (χ3v) is 3.54. The smallest absolute Gasteiger partial charge is 0.344 e. The second-order valence-corrected chi connectivity index (χ2v) is 5.69. The van der Waals surface area contributed by atoms with Crippen molar-refractivity contribution in [2.75, 3.05) is 18.5 Å². The average Bonchev–Trinajstić information content (AvgIpc) is 2.61. The highest BCUT2D eigenvalue weighted by Crippen LogP contribution is 2.26. The number of halogens is 2. The molecule has 0 unspecified atom stereocenters. The summed E-state index contributed by atoms with van der Waals surface area (Å²) in [5.41, 5.74) is -0.00924. The van der Waals surface area contributed by atoms with E-state index in [-0.39, 0.29) is 22.1 Å². The number of amides is 1. The van der Waals surface area contributed by atoms with E-state index in [1.165, 1.54) is 36.4 Å². The average molecular weight is 399 g/mol. The number of nitro benzene ring substituents is 1. The van der Waals surface area contributed by atoms with Gasteiger partial charge in [0.1, 0.15) is 0 Å². The molecule has 0 heterocycles. The van der Waals surface area contributed by atoms with Gasteiger partial charge in [0.05, 0.1) is 15.6 Å². The minimum absolute atomic E-state index is 0.0791. The number of carbonyl (C=O) groups is 2. The lowest BCUT2D eigenvalue weighted by Gasteiger charge is -2.09. The van der Waals surface area contributed by atoms with Crippen molar-refractivity contribution < 1.29 is 24.0 Å². The van der Waals surface area contributed by atoms with Gasteiger partial charge in [-0.05, 0) is 24.3 Å². The van der Waals surface area contributed by atoms with Crippen LogP contribution in [0.2, 0.25) is 10.0 Å².